The minimum absolute atomic E-state index is 0.129. The first-order valence-electron chi connectivity index (χ1n) is 6.01. The first kappa shape index (κ1) is 12.0. The molecule has 0 aromatic rings. The number of aliphatic hydroxyl groups is 1. The van der Waals surface area contributed by atoms with E-state index in [1.54, 1.807) is 0 Å². The monoisotopic (exact) mass is 199 g/mol. The lowest BCUT2D eigenvalue weighted by Gasteiger charge is -2.32. The van der Waals surface area contributed by atoms with Crippen LogP contribution in [0.3, 0.4) is 0 Å². The molecule has 0 aliphatic heterocycles. The Morgan fingerprint density at radius 3 is 2.64 bits per heavy atom. The molecule has 0 heterocycles. The molecule has 84 valence electrons. The summed E-state index contributed by atoms with van der Waals surface area (Å²) in [5.41, 5.74) is 5.65. The van der Waals surface area contributed by atoms with Gasteiger partial charge in [0.05, 0.1) is 6.10 Å². The van der Waals surface area contributed by atoms with Gasteiger partial charge in [0.1, 0.15) is 0 Å². The van der Waals surface area contributed by atoms with Crippen LogP contribution < -0.4 is 5.73 Å². The van der Waals surface area contributed by atoms with Crippen LogP contribution in [-0.2, 0) is 0 Å². The number of hydrogen-bond donors (Lipinski definition) is 2. The second-order valence-corrected chi connectivity index (χ2v) is 5.21. The highest BCUT2D eigenvalue weighted by Crippen LogP contribution is 2.32. The van der Waals surface area contributed by atoms with E-state index >= 15 is 0 Å². The number of nitrogens with two attached hydrogens (primary N) is 1. The van der Waals surface area contributed by atoms with Crippen molar-refractivity contribution < 1.29 is 5.11 Å². The average molecular weight is 199 g/mol. The van der Waals surface area contributed by atoms with E-state index in [-0.39, 0.29) is 6.10 Å². The van der Waals surface area contributed by atoms with Gasteiger partial charge in [-0.25, -0.2) is 0 Å². The van der Waals surface area contributed by atoms with Gasteiger partial charge < -0.3 is 10.8 Å². The molecule has 1 aliphatic rings. The van der Waals surface area contributed by atoms with Crippen molar-refractivity contribution in [3.05, 3.63) is 0 Å². The first-order chi connectivity index (χ1) is 6.63. The van der Waals surface area contributed by atoms with Gasteiger partial charge in [-0.1, -0.05) is 26.7 Å². The number of rotatable bonds is 4. The van der Waals surface area contributed by atoms with Crippen LogP contribution in [0.5, 0.6) is 0 Å². The van der Waals surface area contributed by atoms with Crippen LogP contribution in [-0.4, -0.2) is 17.8 Å². The Morgan fingerprint density at radius 2 is 2.07 bits per heavy atom. The van der Waals surface area contributed by atoms with E-state index in [2.05, 4.69) is 13.8 Å². The molecular formula is C12H25NO. The molecule has 0 aromatic carbocycles. The summed E-state index contributed by atoms with van der Waals surface area (Å²) in [4.78, 5) is 0. The Bertz CT molecular complexity index is 158. The zero-order valence-corrected chi connectivity index (χ0v) is 9.58. The predicted molar refractivity (Wildman–Crippen MR) is 60.0 cm³/mol. The quantitative estimate of drug-likeness (QED) is 0.729. The third-order valence-corrected chi connectivity index (χ3v) is 3.51. The zero-order chi connectivity index (χ0) is 10.6. The largest absolute Gasteiger partial charge is 0.393 e. The molecule has 1 aliphatic carbocycles. The Balaban J connectivity index is 2.27. The van der Waals surface area contributed by atoms with Gasteiger partial charge in [0.2, 0.25) is 0 Å². The topological polar surface area (TPSA) is 46.2 Å². The van der Waals surface area contributed by atoms with E-state index in [4.69, 9.17) is 5.73 Å². The van der Waals surface area contributed by atoms with Gasteiger partial charge in [-0.15, -0.1) is 0 Å². The van der Waals surface area contributed by atoms with Crippen LogP contribution in [0.2, 0.25) is 0 Å². The molecule has 1 rings (SSSR count). The third kappa shape index (κ3) is 3.58. The van der Waals surface area contributed by atoms with Gasteiger partial charge in [-0.3, -0.25) is 0 Å². The van der Waals surface area contributed by atoms with Crippen LogP contribution in [0.25, 0.3) is 0 Å². The second-order valence-electron chi connectivity index (χ2n) is 5.21. The molecule has 1 fully saturated rings. The molecule has 2 nitrogen and oxygen atoms in total. The Kier molecular flexibility index (Phi) is 4.90. The van der Waals surface area contributed by atoms with Crippen LogP contribution in [0, 0.1) is 17.8 Å². The van der Waals surface area contributed by atoms with Crippen molar-refractivity contribution in [1.29, 1.82) is 0 Å². The van der Waals surface area contributed by atoms with E-state index in [1.165, 1.54) is 19.3 Å². The molecule has 3 atom stereocenters. The fourth-order valence-corrected chi connectivity index (χ4v) is 2.43. The molecule has 0 amide bonds. The summed E-state index contributed by atoms with van der Waals surface area (Å²) in [6.07, 6.45) is 5.81. The molecular weight excluding hydrogens is 174 g/mol. The standard InChI is InChI=1S/C12H25NO/c1-9(2)3-4-10-5-6-12(14)11(7-10)8-13/h9-12,14H,3-8,13H2,1-2H3. The van der Waals surface area contributed by atoms with Crippen LogP contribution in [0.15, 0.2) is 0 Å². The van der Waals surface area contributed by atoms with Crippen molar-refractivity contribution in [1.82, 2.24) is 0 Å². The van der Waals surface area contributed by atoms with Gasteiger partial charge in [-0.2, -0.15) is 0 Å². The predicted octanol–water partition coefficient (Wildman–Crippen LogP) is 2.16. The summed E-state index contributed by atoms with van der Waals surface area (Å²) in [5, 5.41) is 9.68. The molecule has 0 aromatic heterocycles. The van der Waals surface area contributed by atoms with Crippen LogP contribution in [0.4, 0.5) is 0 Å². The lowest BCUT2D eigenvalue weighted by atomic mass is 9.77. The van der Waals surface area contributed by atoms with E-state index < -0.39 is 0 Å². The third-order valence-electron chi connectivity index (χ3n) is 3.51. The normalized spacial score (nSPS) is 33.6. The van der Waals surface area contributed by atoms with Crippen LogP contribution in [0.1, 0.15) is 46.0 Å². The molecule has 14 heavy (non-hydrogen) atoms. The van der Waals surface area contributed by atoms with Gasteiger partial charge in [0.15, 0.2) is 0 Å². The van der Waals surface area contributed by atoms with E-state index in [1.807, 2.05) is 0 Å². The van der Waals surface area contributed by atoms with Crippen molar-refractivity contribution in [2.24, 2.45) is 23.5 Å². The maximum absolute atomic E-state index is 9.68. The molecule has 3 unspecified atom stereocenters. The zero-order valence-electron chi connectivity index (χ0n) is 9.58. The molecule has 3 N–H and O–H groups in total. The van der Waals surface area contributed by atoms with E-state index in [0.717, 1.165) is 24.7 Å². The first-order valence-corrected chi connectivity index (χ1v) is 6.01. The highest BCUT2D eigenvalue weighted by atomic mass is 16.3. The number of aliphatic hydroxyl groups excluding tert-OH is 1. The minimum atomic E-state index is -0.129. The highest BCUT2D eigenvalue weighted by Gasteiger charge is 2.27. The van der Waals surface area contributed by atoms with Gasteiger partial charge in [0, 0.05) is 0 Å². The highest BCUT2D eigenvalue weighted by molar-refractivity contribution is 4.80. The Labute approximate surface area is 87.9 Å². The van der Waals surface area contributed by atoms with Crippen molar-refractivity contribution in [3.8, 4) is 0 Å². The van der Waals surface area contributed by atoms with Crippen molar-refractivity contribution >= 4 is 0 Å². The van der Waals surface area contributed by atoms with Crippen molar-refractivity contribution in [2.75, 3.05) is 6.54 Å². The summed E-state index contributed by atoms with van der Waals surface area (Å²) >= 11 is 0. The van der Waals surface area contributed by atoms with Gasteiger partial charge in [0.25, 0.3) is 0 Å². The van der Waals surface area contributed by atoms with Crippen LogP contribution >= 0.6 is 0 Å². The molecule has 0 spiro atoms. The average Bonchev–Trinajstić information content (AvgIpc) is 2.16. The molecule has 0 bridgehead atoms. The smallest absolute Gasteiger partial charge is 0.0580 e. The number of hydrogen-bond acceptors (Lipinski definition) is 2. The molecule has 2 heteroatoms. The minimum Gasteiger partial charge on any atom is -0.393 e. The summed E-state index contributed by atoms with van der Waals surface area (Å²) in [6, 6.07) is 0. The van der Waals surface area contributed by atoms with E-state index in [9.17, 15) is 5.11 Å². The van der Waals surface area contributed by atoms with Crippen molar-refractivity contribution in [2.45, 2.75) is 52.1 Å². The molecule has 0 radical (unpaired) electrons. The Hall–Kier alpha value is -0.0800. The Morgan fingerprint density at radius 1 is 1.36 bits per heavy atom. The van der Waals surface area contributed by atoms with Crippen molar-refractivity contribution in [3.63, 3.8) is 0 Å². The maximum atomic E-state index is 9.68. The molecule has 0 saturated heterocycles. The summed E-state index contributed by atoms with van der Waals surface area (Å²) < 4.78 is 0. The fraction of sp³-hybridized carbons (Fsp3) is 1.00. The summed E-state index contributed by atoms with van der Waals surface area (Å²) in [7, 11) is 0. The summed E-state index contributed by atoms with van der Waals surface area (Å²) in [6.45, 7) is 5.20. The van der Waals surface area contributed by atoms with Gasteiger partial charge >= 0.3 is 0 Å². The van der Waals surface area contributed by atoms with Gasteiger partial charge in [-0.05, 0) is 43.6 Å². The maximum Gasteiger partial charge on any atom is 0.0580 e. The lowest BCUT2D eigenvalue weighted by molar-refractivity contribution is 0.0494. The lowest BCUT2D eigenvalue weighted by Crippen LogP contribution is -2.34. The fourth-order valence-electron chi connectivity index (χ4n) is 2.43. The SMILES string of the molecule is CC(C)CCC1CCC(O)C(CN)C1. The van der Waals surface area contributed by atoms with E-state index in [0.29, 0.717) is 12.5 Å². The molecule has 1 saturated carbocycles. The summed E-state index contributed by atoms with van der Waals surface area (Å²) in [5.74, 6) is 1.98. The second kappa shape index (κ2) is 5.72.